The number of aromatic nitrogens is 5. The lowest BCUT2D eigenvalue weighted by molar-refractivity contribution is -0.274. The van der Waals surface area contributed by atoms with Gasteiger partial charge in [-0.2, -0.15) is 0 Å². The van der Waals surface area contributed by atoms with E-state index in [0.717, 1.165) is 5.82 Å². The molecule has 0 radical (unpaired) electrons. The number of rotatable bonds is 5. The van der Waals surface area contributed by atoms with Crippen molar-refractivity contribution in [1.82, 2.24) is 24.5 Å². The Morgan fingerprint density at radius 2 is 2.04 bits per heavy atom. The highest BCUT2D eigenvalue weighted by Crippen LogP contribution is 2.24. The van der Waals surface area contributed by atoms with Crippen molar-refractivity contribution >= 4 is 0 Å². The zero-order valence-corrected chi connectivity index (χ0v) is 13.6. The van der Waals surface area contributed by atoms with Gasteiger partial charge >= 0.3 is 6.36 Å². The lowest BCUT2D eigenvalue weighted by Crippen LogP contribution is -2.17. The van der Waals surface area contributed by atoms with E-state index in [1.807, 2.05) is 24.6 Å². The predicted octanol–water partition coefficient (Wildman–Crippen LogP) is 3.53. The average molecular weight is 351 g/mol. The minimum absolute atomic E-state index is 0.265. The highest BCUT2D eigenvalue weighted by molar-refractivity contribution is 5.38. The van der Waals surface area contributed by atoms with Crippen molar-refractivity contribution in [3.63, 3.8) is 0 Å². The van der Waals surface area contributed by atoms with Gasteiger partial charge in [-0.1, -0.05) is 25.1 Å². The van der Waals surface area contributed by atoms with Crippen LogP contribution in [0.3, 0.4) is 0 Å². The lowest BCUT2D eigenvalue weighted by Gasteiger charge is -2.09. The summed E-state index contributed by atoms with van der Waals surface area (Å²) < 4.78 is 44.3. The predicted molar refractivity (Wildman–Crippen MR) is 83.5 cm³/mol. The molecule has 1 aromatic carbocycles. The van der Waals surface area contributed by atoms with Crippen molar-refractivity contribution in [3.8, 4) is 11.4 Å². The van der Waals surface area contributed by atoms with E-state index in [1.54, 1.807) is 18.5 Å². The molecule has 2 heterocycles. The van der Waals surface area contributed by atoms with Gasteiger partial charge in [-0.05, 0) is 12.1 Å². The van der Waals surface area contributed by atoms with Crippen LogP contribution < -0.4 is 4.74 Å². The first-order valence-corrected chi connectivity index (χ1v) is 7.60. The topological polar surface area (TPSA) is 57.8 Å². The van der Waals surface area contributed by atoms with Crippen molar-refractivity contribution in [2.45, 2.75) is 32.7 Å². The van der Waals surface area contributed by atoms with Crippen LogP contribution in [-0.2, 0) is 6.54 Å². The Morgan fingerprint density at radius 3 is 2.76 bits per heavy atom. The van der Waals surface area contributed by atoms with Crippen LogP contribution >= 0.6 is 0 Å². The summed E-state index contributed by atoms with van der Waals surface area (Å²) in [4.78, 5) is 4.31. The lowest BCUT2D eigenvalue weighted by atomic mass is 10.2. The first kappa shape index (κ1) is 17.0. The molecule has 6 nitrogen and oxygen atoms in total. The van der Waals surface area contributed by atoms with Crippen LogP contribution in [0.1, 0.15) is 31.3 Å². The Balaban J connectivity index is 1.80. The van der Waals surface area contributed by atoms with Crippen LogP contribution in [0, 0.1) is 0 Å². The summed E-state index contributed by atoms with van der Waals surface area (Å²) >= 11 is 0. The van der Waals surface area contributed by atoms with Crippen molar-refractivity contribution in [2.75, 3.05) is 0 Å². The largest absolute Gasteiger partial charge is 0.573 e. The molecule has 2 aromatic heterocycles. The quantitative estimate of drug-likeness (QED) is 0.706. The monoisotopic (exact) mass is 351 g/mol. The van der Waals surface area contributed by atoms with Gasteiger partial charge in [0.1, 0.15) is 17.3 Å². The maximum atomic E-state index is 12.3. The molecule has 25 heavy (non-hydrogen) atoms. The Hall–Kier alpha value is -2.84. The van der Waals surface area contributed by atoms with E-state index in [2.05, 4.69) is 20.0 Å². The minimum atomic E-state index is -4.74. The molecular formula is C16H16F3N5O. The summed E-state index contributed by atoms with van der Waals surface area (Å²) in [6.45, 7) is 4.57. The molecule has 0 aliphatic carbocycles. The zero-order valence-electron chi connectivity index (χ0n) is 13.6. The molecule has 0 aliphatic heterocycles. The summed E-state index contributed by atoms with van der Waals surface area (Å²) in [5, 5.41) is 8.05. The summed E-state index contributed by atoms with van der Waals surface area (Å²) in [5.74, 6) is 0.884. The fourth-order valence-electron chi connectivity index (χ4n) is 2.45. The number of alkyl halides is 3. The molecule has 0 unspecified atom stereocenters. The van der Waals surface area contributed by atoms with Gasteiger partial charge in [-0.25, -0.2) is 9.67 Å². The number of halogens is 3. The molecule has 3 rings (SSSR count). The Labute approximate surface area is 141 Å². The van der Waals surface area contributed by atoms with Gasteiger partial charge in [0.2, 0.25) is 0 Å². The molecule has 132 valence electrons. The fraction of sp³-hybridized carbons (Fsp3) is 0.312. The van der Waals surface area contributed by atoms with E-state index in [-0.39, 0.29) is 11.7 Å². The number of hydrogen-bond donors (Lipinski definition) is 0. The molecule has 3 aromatic rings. The molecule has 0 saturated carbocycles. The second-order valence-corrected chi connectivity index (χ2v) is 5.77. The summed E-state index contributed by atoms with van der Waals surface area (Å²) in [6.07, 6.45) is 0.501. The average Bonchev–Trinajstić information content (AvgIpc) is 3.15. The SMILES string of the molecule is CC(C)c1nccn1Cc1cn(-c2cccc(OC(F)(F)F)c2)nn1. The summed E-state index contributed by atoms with van der Waals surface area (Å²) in [7, 11) is 0. The molecule has 0 spiro atoms. The van der Waals surface area contributed by atoms with Crippen molar-refractivity contribution in [2.24, 2.45) is 0 Å². The van der Waals surface area contributed by atoms with Gasteiger partial charge in [0.25, 0.3) is 0 Å². The molecule has 0 saturated heterocycles. The summed E-state index contributed by atoms with van der Waals surface area (Å²) in [6, 6.07) is 5.57. The number of hydrogen-bond acceptors (Lipinski definition) is 4. The third-order valence-electron chi connectivity index (χ3n) is 3.45. The van der Waals surface area contributed by atoms with E-state index >= 15 is 0 Å². The third-order valence-corrected chi connectivity index (χ3v) is 3.45. The normalized spacial score (nSPS) is 11.9. The number of nitrogens with zero attached hydrogens (tertiary/aromatic N) is 5. The van der Waals surface area contributed by atoms with E-state index < -0.39 is 6.36 Å². The van der Waals surface area contributed by atoms with Crippen LogP contribution in [0.2, 0.25) is 0 Å². The maximum absolute atomic E-state index is 12.3. The van der Waals surface area contributed by atoms with Crippen molar-refractivity contribution in [1.29, 1.82) is 0 Å². The number of ether oxygens (including phenoxy) is 1. The Morgan fingerprint density at radius 1 is 1.24 bits per heavy atom. The molecule has 0 fully saturated rings. The van der Waals surface area contributed by atoms with Crippen LogP contribution in [0.5, 0.6) is 5.75 Å². The zero-order chi connectivity index (χ0) is 18.0. The van der Waals surface area contributed by atoms with E-state index in [1.165, 1.54) is 22.9 Å². The standard InChI is InChI=1S/C16H16F3N5O/c1-11(2)15-20-6-7-23(15)9-12-10-24(22-21-12)13-4-3-5-14(8-13)25-16(17,18)19/h3-8,10-11H,9H2,1-2H3. The van der Waals surface area contributed by atoms with E-state index in [0.29, 0.717) is 17.9 Å². The molecule has 0 bridgehead atoms. The number of benzene rings is 1. The maximum Gasteiger partial charge on any atom is 0.573 e. The smallest absolute Gasteiger partial charge is 0.406 e. The molecule has 0 aliphatic rings. The van der Waals surface area contributed by atoms with Gasteiger partial charge < -0.3 is 9.30 Å². The van der Waals surface area contributed by atoms with Gasteiger partial charge in [0.15, 0.2) is 0 Å². The van der Waals surface area contributed by atoms with Crippen molar-refractivity contribution < 1.29 is 17.9 Å². The van der Waals surface area contributed by atoms with Crippen LogP contribution in [0.25, 0.3) is 5.69 Å². The van der Waals surface area contributed by atoms with E-state index in [9.17, 15) is 13.2 Å². The van der Waals surface area contributed by atoms with Crippen molar-refractivity contribution in [3.05, 3.63) is 54.4 Å². The summed E-state index contributed by atoms with van der Waals surface area (Å²) in [5.41, 5.74) is 1.09. The van der Waals surface area contributed by atoms with Gasteiger partial charge in [-0.15, -0.1) is 18.3 Å². The highest BCUT2D eigenvalue weighted by atomic mass is 19.4. The molecule has 0 N–H and O–H groups in total. The Kier molecular flexibility index (Phi) is 4.47. The van der Waals surface area contributed by atoms with Crippen LogP contribution in [-0.4, -0.2) is 30.9 Å². The third kappa shape index (κ3) is 4.17. The minimum Gasteiger partial charge on any atom is -0.406 e. The van der Waals surface area contributed by atoms with Gasteiger partial charge in [0.05, 0.1) is 18.4 Å². The van der Waals surface area contributed by atoms with E-state index in [4.69, 9.17) is 0 Å². The van der Waals surface area contributed by atoms with Crippen LogP contribution in [0.15, 0.2) is 42.9 Å². The molecule has 9 heteroatoms. The highest BCUT2D eigenvalue weighted by Gasteiger charge is 2.31. The molecule has 0 atom stereocenters. The van der Waals surface area contributed by atoms with Gasteiger partial charge in [-0.3, -0.25) is 0 Å². The Bertz CT molecular complexity index is 853. The molecule has 0 amide bonds. The fourth-order valence-corrected chi connectivity index (χ4v) is 2.45. The van der Waals surface area contributed by atoms with Gasteiger partial charge in [0, 0.05) is 24.4 Å². The molecular weight excluding hydrogens is 335 g/mol. The number of imidazole rings is 1. The second kappa shape index (κ2) is 6.58. The van der Waals surface area contributed by atoms with Crippen LogP contribution in [0.4, 0.5) is 13.2 Å². The first-order chi connectivity index (χ1) is 11.8. The first-order valence-electron chi connectivity index (χ1n) is 7.60. The second-order valence-electron chi connectivity index (χ2n) is 5.77.